The highest BCUT2D eigenvalue weighted by atomic mass is 16.3. The van der Waals surface area contributed by atoms with Crippen molar-refractivity contribution in [2.75, 3.05) is 13.2 Å². The highest BCUT2D eigenvalue weighted by Gasteiger charge is 2.10. The third-order valence-electron chi connectivity index (χ3n) is 3.79. The number of aromatic nitrogens is 1. The Kier molecular flexibility index (Phi) is 4.83. The first-order valence-electron chi connectivity index (χ1n) is 7.53. The predicted molar refractivity (Wildman–Crippen MR) is 86.4 cm³/mol. The molecular formula is C18H20N2O2. The van der Waals surface area contributed by atoms with E-state index in [2.05, 4.69) is 16.4 Å². The monoisotopic (exact) mass is 296 g/mol. The Balaban J connectivity index is 1.55. The van der Waals surface area contributed by atoms with Crippen LogP contribution in [0.5, 0.6) is 0 Å². The molecule has 0 saturated carbocycles. The first kappa shape index (κ1) is 14.8. The topological polar surface area (TPSA) is 58.3 Å². The third kappa shape index (κ3) is 3.53. The molecule has 0 aliphatic rings. The number of benzene rings is 1. The number of furan rings is 1. The van der Waals surface area contributed by atoms with Crippen LogP contribution < -0.4 is 5.32 Å². The Morgan fingerprint density at radius 1 is 1.14 bits per heavy atom. The molecule has 0 spiro atoms. The van der Waals surface area contributed by atoms with Gasteiger partial charge in [0, 0.05) is 42.5 Å². The van der Waals surface area contributed by atoms with E-state index in [9.17, 15) is 5.11 Å². The summed E-state index contributed by atoms with van der Waals surface area (Å²) in [4.78, 5) is 4.31. The van der Waals surface area contributed by atoms with Gasteiger partial charge in [-0.15, -0.1) is 0 Å². The molecule has 2 heterocycles. The van der Waals surface area contributed by atoms with Gasteiger partial charge in [0.25, 0.3) is 0 Å². The molecule has 2 N–H and O–H groups in total. The van der Waals surface area contributed by atoms with Crippen molar-refractivity contribution < 1.29 is 9.52 Å². The van der Waals surface area contributed by atoms with Gasteiger partial charge in [-0.05, 0) is 30.5 Å². The normalized spacial score (nSPS) is 12.6. The fourth-order valence-corrected chi connectivity index (χ4v) is 2.60. The summed E-state index contributed by atoms with van der Waals surface area (Å²) in [5.41, 5.74) is 3.06. The van der Waals surface area contributed by atoms with Crippen LogP contribution in [0.2, 0.25) is 0 Å². The minimum atomic E-state index is 0.149. The summed E-state index contributed by atoms with van der Waals surface area (Å²) in [7, 11) is 0. The van der Waals surface area contributed by atoms with Crippen LogP contribution in [0.1, 0.15) is 11.3 Å². The zero-order chi connectivity index (χ0) is 15.2. The van der Waals surface area contributed by atoms with Gasteiger partial charge in [0.15, 0.2) is 0 Å². The first-order valence-corrected chi connectivity index (χ1v) is 7.53. The fraction of sp³-hybridized carbons (Fsp3) is 0.278. The Hall–Kier alpha value is -2.17. The zero-order valence-corrected chi connectivity index (χ0v) is 12.4. The zero-order valence-electron chi connectivity index (χ0n) is 12.4. The van der Waals surface area contributed by atoms with Gasteiger partial charge in [-0.2, -0.15) is 0 Å². The van der Waals surface area contributed by atoms with Crippen molar-refractivity contribution in [2.24, 2.45) is 5.92 Å². The summed E-state index contributed by atoms with van der Waals surface area (Å²) in [6.45, 7) is 1.62. The summed E-state index contributed by atoms with van der Waals surface area (Å²) in [6.07, 6.45) is 4.36. The molecule has 0 aliphatic heterocycles. The Morgan fingerprint density at radius 2 is 2.00 bits per heavy atom. The number of nitrogens with zero attached hydrogens (tertiary/aromatic N) is 1. The number of rotatable bonds is 7. The molecule has 1 unspecified atom stereocenters. The quantitative estimate of drug-likeness (QED) is 0.704. The van der Waals surface area contributed by atoms with Crippen LogP contribution in [0.15, 0.2) is 59.3 Å². The van der Waals surface area contributed by atoms with Crippen molar-refractivity contribution >= 4 is 11.0 Å². The lowest BCUT2D eigenvalue weighted by atomic mass is 10.0. The van der Waals surface area contributed by atoms with Crippen LogP contribution in [0.3, 0.4) is 0 Å². The van der Waals surface area contributed by atoms with Crippen LogP contribution in [-0.2, 0) is 13.0 Å². The molecule has 0 fully saturated rings. The molecule has 0 bridgehead atoms. The molecule has 3 aromatic rings. The Bertz CT molecular complexity index is 709. The standard InChI is InChI=1S/C18H20N2O2/c21-12-14(9-16-5-3-4-8-20-16)10-19-11-15-13-22-18-7-2-1-6-17(15)18/h1-8,13-14,19,21H,9-12H2. The fourth-order valence-electron chi connectivity index (χ4n) is 2.60. The van der Waals surface area contributed by atoms with E-state index >= 15 is 0 Å². The first-order chi connectivity index (χ1) is 10.9. The summed E-state index contributed by atoms with van der Waals surface area (Å²) in [5.74, 6) is 0.160. The van der Waals surface area contributed by atoms with E-state index in [0.717, 1.165) is 41.7 Å². The molecule has 3 rings (SSSR count). The van der Waals surface area contributed by atoms with Crippen molar-refractivity contribution in [3.8, 4) is 0 Å². The molecule has 22 heavy (non-hydrogen) atoms. The lowest BCUT2D eigenvalue weighted by Gasteiger charge is -2.14. The molecule has 0 saturated heterocycles. The Labute approximate surface area is 129 Å². The second-order valence-corrected chi connectivity index (χ2v) is 5.46. The number of aliphatic hydroxyl groups excluding tert-OH is 1. The molecule has 0 amide bonds. The lowest BCUT2D eigenvalue weighted by Crippen LogP contribution is -2.26. The number of nitrogens with one attached hydrogen (secondary N) is 1. The van der Waals surface area contributed by atoms with E-state index in [4.69, 9.17) is 4.42 Å². The van der Waals surface area contributed by atoms with E-state index in [1.165, 1.54) is 0 Å². The summed E-state index contributed by atoms with van der Waals surface area (Å²) in [5, 5.41) is 14.1. The maximum absolute atomic E-state index is 9.53. The lowest BCUT2D eigenvalue weighted by molar-refractivity contribution is 0.220. The van der Waals surface area contributed by atoms with Gasteiger partial charge in [-0.1, -0.05) is 24.3 Å². The van der Waals surface area contributed by atoms with E-state index in [1.807, 2.05) is 36.4 Å². The molecule has 2 aromatic heterocycles. The largest absolute Gasteiger partial charge is 0.464 e. The highest BCUT2D eigenvalue weighted by molar-refractivity contribution is 5.80. The molecule has 114 valence electrons. The minimum Gasteiger partial charge on any atom is -0.464 e. The van der Waals surface area contributed by atoms with Gasteiger partial charge in [0.2, 0.25) is 0 Å². The number of para-hydroxylation sites is 1. The summed E-state index contributed by atoms with van der Waals surface area (Å²) < 4.78 is 5.53. The van der Waals surface area contributed by atoms with Crippen LogP contribution in [0.25, 0.3) is 11.0 Å². The van der Waals surface area contributed by atoms with Crippen molar-refractivity contribution in [3.05, 3.63) is 66.2 Å². The molecule has 4 heteroatoms. The van der Waals surface area contributed by atoms with Gasteiger partial charge in [0.1, 0.15) is 5.58 Å². The molecule has 0 radical (unpaired) electrons. The van der Waals surface area contributed by atoms with Crippen molar-refractivity contribution in [3.63, 3.8) is 0 Å². The van der Waals surface area contributed by atoms with E-state index in [1.54, 1.807) is 12.5 Å². The number of hydrogen-bond donors (Lipinski definition) is 2. The molecule has 4 nitrogen and oxygen atoms in total. The SMILES string of the molecule is OCC(CNCc1coc2ccccc12)Cc1ccccn1. The molecule has 1 atom stereocenters. The number of pyridine rings is 1. The molecular weight excluding hydrogens is 276 g/mol. The average molecular weight is 296 g/mol. The van der Waals surface area contributed by atoms with Gasteiger partial charge in [-0.25, -0.2) is 0 Å². The highest BCUT2D eigenvalue weighted by Crippen LogP contribution is 2.20. The second kappa shape index (κ2) is 7.20. The second-order valence-electron chi connectivity index (χ2n) is 5.46. The van der Waals surface area contributed by atoms with Gasteiger partial charge in [0.05, 0.1) is 6.26 Å². The summed E-state index contributed by atoms with van der Waals surface area (Å²) >= 11 is 0. The smallest absolute Gasteiger partial charge is 0.134 e. The van der Waals surface area contributed by atoms with Crippen molar-refractivity contribution in [2.45, 2.75) is 13.0 Å². The van der Waals surface area contributed by atoms with Crippen molar-refractivity contribution in [1.29, 1.82) is 0 Å². The number of aliphatic hydroxyl groups is 1. The summed E-state index contributed by atoms with van der Waals surface area (Å²) in [6, 6.07) is 13.9. The third-order valence-corrected chi connectivity index (χ3v) is 3.79. The number of fused-ring (bicyclic) bond motifs is 1. The van der Waals surface area contributed by atoms with Gasteiger partial charge >= 0.3 is 0 Å². The van der Waals surface area contributed by atoms with Crippen LogP contribution in [0.4, 0.5) is 0 Å². The van der Waals surface area contributed by atoms with E-state index < -0.39 is 0 Å². The van der Waals surface area contributed by atoms with E-state index in [0.29, 0.717) is 0 Å². The average Bonchev–Trinajstić information content (AvgIpc) is 2.98. The van der Waals surface area contributed by atoms with Gasteiger partial charge in [-0.3, -0.25) is 4.98 Å². The molecule has 0 aliphatic carbocycles. The van der Waals surface area contributed by atoms with Gasteiger partial charge < -0.3 is 14.8 Å². The number of hydrogen-bond acceptors (Lipinski definition) is 4. The predicted octanol–water partition coefficient (Wildman–Crippen LogP) is 2.77. The Morgan fingerprint density at radius 3 is 2.82 bits per heavy atom. The maximum Gasteiger partial charge on any atom is 0.134 e. The minimum absolute atomic E-state index is 0.149. The van der Waals surface area contributed by atoms with Crippen LogP contribution in [0, 0.1) is 5.92 Å². The maximum atomic E-state index is 9.53. The van der Waals surface area contributed by atoms with Crippen LogP contribution in [-0.4, -0.2) is 23.2 Å². The molecule has 1 aromatic carbocycles. The van der Waals surface area contributed by atoms with Crippen LogP contribution >= 0.6 is 0 Å². The van der Waals surface area contributed by atoms with Crippen molar-refractivity contribution in [1.82, 2.24) is 10.3 Å². The van der Waals surface area contributed by atoms with E-state index in [-0.39, 0.29) is 12.5 Å².